The van der Waals surface area contributed by atoms with E-state index in [0.717, 1.165) is 4.52 Å². The summed E-state index contributed by atoms with van der Waals surface area (Å²) in [7, 11) is 0. The number of nitrogens with zero attached hydrogens (tertiary/aromatic N) is 19. The van der Waals surface area contributed by atoms with Crippen LogP contribution in [0.4, 0.5) is 47.1 Å². The lowest BCUT2D eigenvalue weighted by Crippen LogP contribution is -2.44. The van der Waals surface area contributed by atoms with E-state index >= 15 is 0 Å². The average Bonchev–Trinajstić information content (AvgIpc) is 1.62. The van der Waals surface area contributed by atoms with Gasteiger partial charge in [-0.1, -0.05) is 35.5 Å². The number of nitrogens with two attached hydrogens (primary N) is 8. The first-order valence-electron chi connectivity index (χ1n) is 37.9. The molecule has 0 saturated carbocycles. The molecular weight excluding hydrogens is 1720 g/mol. The van der Waals surface area contributed by atoms with Crippen LogP contribution in [-0.4, -0.2) is 341 Å². The minimum Gasteiger partial charge on any atom is -0.392 e. The molecule has 6 fully saturated rings. The van der Waals surface area contributed by atoms with Crippen LogP contribution in [0.25, 0.3) is 33.5 Å². The number of hydrogen-bond acceptors (Lipinski definition) is 47. The number of fused-ring (bicyclic) bond motifs is 6. The number of rotatable bonds is 12. The largest absolute Gasteiger partial charge is 0.392 e. The van der Waals surface area contributed by atoms with Crippen LogP contribution in [0.3, 0.4) is 0 Å². The number of aromatic amines is 2. The van der Waals surface area contributed by atoms with E-state index in [4.69, 9.17) is 113 Å². The first-order chi connectivity index (χ1) is 61.8. The van der Waals surface area contributed by atoms with Crippen molar-refractivity contribution in [1.29, 1.82) is 0 Å². The highest BCUT2D eigenvalue weighted by Crippen LogP contribution is 2.47. The van der Waals surface area contributed by atoms with Crippen LogP contribution in [0.5, 0.6) is 0 Å². The van der Waals surface area contributed by atoms with E-state index in [1.807, 2.05) is 0 Å². The topological polar surface area (TPSA) is 887 Å². The molecule has 12 aromatic rings. The molecule has 55 nitrogen and oxygen atoms in total. The number of aromatic nitrogens is 21. The number of hydrogen-bond donors (Lipinski definition) is 28. The van der Waals surface area contributed by atoms with E-state index in [9.17, 15) is 102 Å². The number of ether oxygens (including phenoxy) is 6. The van der Waals surface area contributed by atoms with E-state index in [2.05, 4.69) is 111 Å². The van der Waals surface area contributed by atoms with Crippen molar-refractivity contribution < 1.29 is 120 Å². The smallest absolute Gasteiger partial charge is 0.295 e. The van der Waals surface area contributed by atoms with Gasteiger partial charge in [-0.25, -0.2) is 52.0 Å². The molecule has 24 atom stereocenters. The summed E-state index contributed by atoms with van der Waals surface area (Å²) < 4.78 is 40.8. The second-order valence-electron chi connectivity index (χ2n) is 29.6. The maximum atomic E-state index is 11.8. The normalized spacial score (nSPS) is 31.8. The van der Waals surface area contributed by atoms with Crippen molar-refractivity contribution in [2.75, 3.05) is 85.5 Å². The molecule has 55 heteroatoms. The fourth-order valence-electron chi connectivity index (χ4n) is 15.0. The number of nitrogen functional groups attached to an aromatic ring is 8. The van der Waals surface area contributed by atoms with E-state index in [-0.39, 0.29) is 81.0 Å². The van der Waals surface area contributed by atoms with Crippen molar-refractivity contribution in [1.82, 2.24) is 103 Å². The minimum absolute atomic E-state index is 0.0529. The standard InChI is InChI=1S/C13H15N5O4.C13H14N4O5.C13H14N4O4.C12H14N6O4.C12H13N5O5.C12H13N5O4/c1-2-13(5-19)10(21)8(20)9(22-13)6-3-4-7-11(14)16-12(15)17-18(6)7;1-2-13(5-18)10(20)8(19)9(22-13)6-3-4-7-11(21)15-12(14)16-17(6)7;1-2-13(5-18)11(20)9(19)10(21-13)7-3-4-8-12(14)15-6-16-17(7)8;1-2-12(4-19)8(21)6(20)7(22-12)5-3-15-10-9(13)16-11(14)17-18(5)10;1-2-12(4-18)8(20)6(19)7(22-12)5-3-14-9-10(21)15-11(13)16-17(5)9;1-2-12(4-18)9(20)7(19)8(21-12)6-3-14-11-10(13)15-5-16-17(6)11/h1,3-4,8-10,19-21H,5H2,(H4,14,15,16,17);1,3-4,8-10,18-20H,5H2,(H3,14,15,16,21);1,3-4,6,9-11,18-20H,5H2,(H2,14,15,16);1,3,6-8,19-21H,4H2,(H4,13,14,16,17);1,3,6-8,18-20H,4H2,(H3,13,15,16,21);1,3,5,7-9,18-20H,4H2,(H2,13,15,16)/t2*8-,9+,10?,13-;9-,10+,11?,13-;2*6-,7+,8?,12-;7-,8+,9?,12-/m111111/s1. The molecule has 130 heavy (non-hydrogen) atoms. The van der Waals surface area contributed by atoms with E-state index in [1.54, 1.807) is 24.3 Å². The van der Waals surface area contributed by atoms with Crippen molar-refractivity contribution in [2.24, 2.45) is 0 Å². The molecule has 684 valence electrons. The van der Waals surface area contributed by atoms with Crippen molar-refractivity contribution in [3.8, 4) is 74.1 Å². The summed E-state index contributed by atoms with van der Waals surface area (Å²) in [5.41, 5.74) is 37.3. The van der Waals surface area contributed by atoms with Gasteiger partial charge in [-0.15, -0.1) is 58.9 Å². The maximum absolute atomic E-state index is 11.8. The maximum Gasteiger partial charge on any atom is 0.295 e. The van der Waals surface area contributed by atoms with Gasteiger partial charge in [0.1, 0.15) is 139 Å². The lowest BCUT2D eigenvalue weighted by molar-refractivity contribution is -0.0732. The van der Waals surface area contributed by atoms with Gasteiger partial charge < -0.3 is 166 Å². The van der Waals surface area contributed by atoms with Crippen molar-refractivity contribution >= 4 is 80.6 Å². The number of aliphatic hydroxyl groups is 18. The molecule has 0 bridgehead atoms. The quantitative estimate of drug-likeness (QED) is 0.0505. The van der Waals surface area contributed by atoms with Gasteiger partial charge in [-0.3, -0.25) is 19.6 Å². The first-order valence-corrected chi connectivity index (χ1v) is 37.9. The van der Waals surface area contributed by atoms with Gasteiger partial charge >= 0.3 is 0 Å². The molecule has 18 rings (SSSR count). The predicted octanol–water partition coefficient (Wildman–Crippen LogP) is -13.3. The number of anilines is 8. The van der Waals surface area contributed by atoms with E-state index < -0.39 is 194 Å². The molecule has 0 amide bonds. The third-order valence-electron chi connectivity index (χ3n) is 22.2. The highest BCUT2D eigenvalue weighted by Gasteiger charge is 2.60. The van der Waals surface area contributed by atoms with Crippen LogP contribution in [0, 0.1) is 74.1 Å². The molecular formula is C75H83N29O26. The SMILES string of the molecule is C#C[C@]1(CO)O[C@@H](c2ccc3c(=O)[nH]c(N)nn23)[C@@H](O)C1O.C#C[C@]1(CO)O[C@@H](c2ccc3c(N)nc(N)nn23)[C@@H](O)C1O.C#C[C@]1(CO)O[C@@H](c2ccc3c(N)ncnn23)[C@@H](O)C1O.C#C[C@]1(CO)O[C@@H](c2cnc3c(=O)[nH]c(N)nn23)[C@@H](O)C1O.C#C[C@]1(CO)O[C@@H](c2cnc3c(N)nc(N)nn23)[C@@H](O)C1O.C#C[C@]1(CO)O[C@@H](c2cnc3c(N)ncnn23)[C@@H](O)C1O. The van der Waals surface area contributed by atoms with Gasteiger partial charge in [0.25, 0.3) is 11.1 Å². The summed E-state index contributed by atoms with van der Waals surface area (Å²) in [6.45, 7) is -3.90. The van der Waals surface area contributed by atoms with Crippen LogP contribution in [0.2, 0.25) is 0 Å². The first kappa shape index (κ1) is 93.5. The second kappa shape index (κ2) is 35.9. The Morgan fingerprint density at radius 1 is 0.323 bits per heavy atom. The zero-order valence-electron chi connectivity index (χ0n) is 66.9. The van der Waals surface area contributed by atoms with Gasteiger partial charge in [0.05, 0.1) is 92.4 Å². The van der Waals surface area contributed by atoms with Crippen LogP contribution in [0.1, 0.15) is 70.8 Å². The molecule has 0 spiro atoms. The average molecular weight is 1810 g/mol. The fourth-order valence-corrected chi connectivity index (χ4v) is 15.0. The summed E-state index contributed by atoms with van der Waals surface area (Å²) in [6.07, 6.45) is 15.1. The number of imidazole rings is 3. The molecule has 0 aliphatic carbocycles. The number of aliphatic hydroxyl groups excluding tert-OH is 18. The third-order valence-corrected chi connectivity index (χ3v) is 22.2. The fraction of sp³-hybridized carbons (Fsp3) is 0.400. The Hall–Kier alpha value is -14.1. The molecule has 6 aliphatic heterocycles. The Kier molecular flexibility index (Phi) is 25.8. The summed E-state index contributed by atoms with van der Waals surface area (Å²) in [5, 5.41) is 202. The number of H-pyrrole nitrogens is 2. The molecule has 0 aromatic carbocycles. The molecule has 0 radical (unpaired) electrons. The third kappa shape index (κ3) is 15.5. The van der Waals surface area contributed by atoms with Gasteiger partial charge in [0.15, 0.2) is 68.2 Å². The summed E-state index contributed by atoms with van der Waals surface area (Å²) in [5.74, 6) is 13.3. The Bertz CT molecular complexity index is 6270. The molecule has 6 aliphatic rings. The Morgan fingerprint density at radius 2 is 0.600 bits per heavy atom. The zero-order valence-corrected chi connectivity index (χ0v) is 66.9. The number of terminal acetylenes is 6. The zero-order chi connectivity index (χ0) is 94.7. The van der Waals surface area contributed by atoms with Crippen LogP contribution < -0.4 is 57.0 Å². The van der Waals surface area contributed by atoms with Gasteiger partial charge in [-0.2, -0.15) is 20.2 Å². The monoisotopic (exact) mass is 1810 g/mol. The summed E-state index contributed by atoms with van der Waals surface area (Å²) in [6, 6.07) is 9.51. The summed E-state index contributed by atoms with van der Waals surface area (Å²) >= 11 is 0. The molecule has 6 unspecified atom stereocenters. The Labute approximate surface area is 726 Å². The molecule has 18 heterocycles. The highest BCUT2D eigenvalue weighted by molar-refractivity contribution is 5.68. The Balaban J connectivity index is 0.000000133. The molecule has 12 aromatic heterocycles. The summed E-state index contributed by atoms with van der Waals surface area (Å²) in [4.78, 5) is 55.4. The van der Waals surface area contributed by atoms with E-state index in [0.29, 0.717) is 33.8 Å². The number of nitrogens with one attached hydrogen (secondary N) is 2. The van der Waals surface area contributed by atoms with Crippen molar-refractivity contribution in [2.45, 2.75) is 143 Å². The van der Waals surface area contributed by atoms with Crippen molar-refractivity contribution in [3.63, 3.8) is 0 Å². The minimum atomic E-state index is -1.75. The van der Waals surface area contributed by atoms with Crippen LogP contribution in [0.15, 0.2) is 77.2 Å². The predicted molar refractivity (Wildman–Crippen MR) is 439 cm³/mol. The lowest BCUT2D eigenvalue weighted by atomic mass is 9.96. The van der Waals surface area contributed by atoms with Crippen molar-refractivity contribution in [3.05, 3.63) is 123 Å². The second-order valence-corrected chi connectivity index (χ2v) is 29.6. The van der Waals surface area contributed by atoms with Crippen LogP contribution in [-0.2, 0) is 28.4 Å². The Morgan fingerprint density at radius 3 is 0.969 bits per heavy atom. The highest BCUT2D eigenvalue weighted by atomic mass is 16.6. The van der Waals surface area contributed by atoms with Gasteiger partial charge in [-0.05, 0) is 36.4 Å². The van der Waals surface area contributed by atoms with Crippen LogP contribution >= 0.6 is 0 Å². The lowest BCUT2D eigenvalue weighted by Gasteiger charge is -2.23. The van der Waals surface area contributed by atoms with Gasteiger partial charge in [0, 0.05) is 0 Å². The molecule has 6 saturated heterocycles. The molecule has 36 N–H and O–H groups in total. The van der Waals surface area contributed by atoms with E-state index in [1.165, 1.54) is 66.0 Å². The van der Waals surface area contributed by atoms with Gasteiger partial charge in [0.2, 0.25) is 29.4 Å².